The van der Waals surface area contributed by atoms with Crippen LogP contribution in [-0.2, 0) is 0 Å². The summed E-state index contributed by atoms with van der Waals surface area (Å²) in [7, 11) is 0. The first-order valence-electron chi connectivity index (χ1n) is 4.01. The monoisotopic (exact) mass is 148 g/mol. The van der Waals surface area contributed by atoms with E-state index < -0.39 is 0 Å². The zero-order valence-electron chi connectivity index (χ0n) is 6.92. The third-order valence-electron chi connectivity index (χ3n) is 2.19. The van der Waals surface area contributed by atoms with Crippen molar-refractivity contribution in [1.82, 2.24) is 0 Å². The molecule has 2 rings (SSSR count). The van der Waals surface area contributed by atoms with Gasteiger partial charge in [-0.15, -0.1) is 0 Å². The van der Waals surface area contributed by atoms with Gasteiger partial charge in [0.25, 0.3) is 0 Å². The Morgan fingerprint density at radius 2 is 2.27 bits per heavy atom. The van der Waals surface area contributed by atoms with Gasteiger partial charge in [-0.25, -0.2) is 0 Å². The SMILES string of the molecule is Cc1ccc2c(c1)OC[C@H]2C. The summed E-state index contributed by atoms with van der Waals surface area (Å²) in [4.78, 5) is 0. The van der Waals surface area contributed by atoms with Crippen LogP contribution in [0.5, 0.6) is 5.75 Å². The standard InChI is InChI=1S/C10H12O/c1-7-3-4-9-8(2)6-11-10(9)5-7/h3-5,8H,6H2,1-2H3/t8-/m1/s1. The highest BCUT2D eigenvalue weighted by Crippen LogP contribution is 2.33. The highest BCUT2D eigenvalue weighted by molar-refractivity contribution is 5.41. The third-order valence-corrected chi connectivity index (χ3v) is 2.19. The van der Waals surface area contributed by atoms with Crippen LogP contribution >= 0.6 is 0 Å². The van der Waals surface area contributed by atoms with Gasteiger partial charge in [-0.05, 0) is 18.6 Å². The fraction of sp³-hybridized carbons (Fsp3) is 0.400. The molecule has 0 spiro atoms. The van der Waals surface area contributed by atoms with Crippen LogP contribution in [0.2, 0.25) is 0 Å². The first kappa shape index (κ1) is 6.71. The van der Waals surface area contributed by atoms with Crippen molar-refractivity contribution in [3.63, 3.8) is 0 Å². The number of fused-ring (bicyclic) bond motifs is 1. The largest absolute Gasteiger partial charge is 0.493 e. The minimum atomic E-state index is 0.575. The van der Waals surface area contributed by atoms with Gasteiger partial charge in [-0.3, -0.25) is 0 Å². The van der Waals surface area contributed by atoms with Crippen LogP contribution in [0, 0.1) is 6.92 Å². The van der Waals surface area contributed by atoms with E-state index in [1.54, 1.807) is 0 Å². The normalized spacial score (nSPS) is 21.1. The average molecular weight is 148 g/mol. The summed E-state index contributed by atoms with van der Waals surface area (Å²) >= 11 is 0. The second-order valence-electron chi connectivity index (χ2n) is 3.25. The topological polar surface area (TPSA) is 9.23 Å². The van der Waals surface area contributed by atoms with Gasteiger partial charge in [0, 0.05) is 11.5 Å². The van der Waals surface area contributed by atoms with Crippen molar-refractivity contribution in [3.05, 3.63) is 29.3 Å². The zero-order chi connectivity index (χ0) is 7.84. The Morgan fingerprint density at radius 1 is 1.45 bits per heavy atom. The molecule has 1 atom stereocenters. The first-order chi connectivity index (χ1) is 5.27. The van der Waals surface area contributed by atoms with Crippen LogP contribution in [0.4, 0.5) is 0 Å². The molecule has 1 nitrogen and oxygen atoms in total. The van der Waals surface area contributed by atoms with E-state index in [2.05, 4.69) is 32.0 Å². The van der Waals surface area contributed by atoms with E-state index in [-0.39, 0.29) is 0 Å². The molecule has 0 N–H and O–H groups in total. The number of benzene rings is 1. The molecular weight excluding hydrogens is 136 g/mol. The van der Waals surface area contributed by atoms with Crippen LogP contribution < -0.4 is 4.74 Å². The van der Waals surface area contributed by atoms with Crippen LogP contribution in [0.1, 0.15) is 24.0 Å². The van der Waals surface area contributed by atoms with Gasteiger partial charge in [0.15, 0.2) is 0 Å². The summed E-state index contributed by atoms with van der Waals surface area (Å²) in [5, 5.41) is 0. The average Bonchev–Trinajstić information content (AvgIpc) is 2.32. The van der Waals surface area contributed by atoms with Crippen molar-refractivity contribution in [1.29, 1.82) is 0 Å². The number of rotatable bonds is 0. The lowest BCUT2D eigenvalue weighted by atomic mass is 10.0. The van der Waals surface area contributed by atoms with Crippen LogP contribution in [-0.4, -0.2) is 6.61 Å². The van der Waals surface area contributed by atoms with E-state index in [1.165, 1.54) is 11.1 Å². The number of hydrogen-bond donors (Lipinski definition) is 0. The molecule has 0 fully saturated rings. The molecule has 1 aliphatic heterocycles. The summed E-state index contributed by atoms with van der Waals surface area (Å²) in [6, 6.07) is 6.42. The van der Waals surface area contributed by atoms with Crippen molar-refractivity contribution in [3.8, 4) is 5.75 Å². The Labute approximate surface area is 67.0 Å². The maximum absolute atomic E-state index is 5.49. The molecule has 1 aliphatic rings. The minimum Gasteiger partial charge on any atom is -0.493 e. The molecule has 1 aromatic carbocycles. The van der Waals surface area contributed by atoms with Crippen molar-refractivity contribution in [2.24, 2.45) is 0 Å². The van der Waals surface area contributed by atoms with Crippen molar-refractivity contribution >= 4 is 0 Å². The molecule has 0 bridgehead atoms. The molecule has 1 aromatic rings. The van der Waals surface area contributed by atoms with Crippen LogP contribution in [0.25, 0.3) is 0 Å². The lowest BCUT2D eigenvalue weighted by Crippen LogP contribution is -1.93. The first-order valence-corrected chi connectivity index (χ1v) is 4.01. The molecular formula is C10H12O. The summed E-state index contributed by atoms with van der Waals surface area (Å²) in [6.45, 7) is 5.13. The molecule has 0 amide bonds. The quantitative estimate of drug-likeness (QED) is 0.549. The van der Waals surface area contributed by atoms with Gasteiger partial charge in [0.05, 0.1) is 6.61 Å². The maximum atomic E-state index is 5.49. The van der Waals surface area contributed by atoms with Gasteiger partial charge in [0.2, 0.25) is 0 Å². The number of ether oxygens (including phenoxy) is 1. The second kappa shape index (κ2) is 2.26. The van der Waals surface area contributed by atoms with E-state index in [4.69, 9.17) is 4.74 Å². The van der Waals surface area contributed by atoms with Gasteiger partial charge in [-0.2, -0.15) is 0 Å². The van der Waals surface area contributed by atoms with E-state index in [9.17, 15) is 0 Å². The molecule has 0 aromatic heterocycles. The molecule has 0 aliphatic carbocycles. The smallest absolute Gasteiger partial charge is 0.123 e. The lowest BCUT2D eigenvalue weighted by Gasteiger charge is -1.99. The summed E-state index contributed by atoms with van der Waals surface area (Å²) < 4.78 is 5.49. The third kappa shape index (κ3) is 1.01. The zero-order valence-corrected chi connectivity index (χ0v) is 6.92. The Hall–Kier alpha value is -0.980. The van der Waals surface area contributed by atoms with Gasteiger partial charge >= 0.3 is 0 Å². The maximum Gasteiger partial charge on any atom is 0.123 e. The van der Waals surface area contributed by atoms with E-state index >= 15 is 0 Å². The highest BCUT2D eigenvalue weighted by Gasteiger charge is 2.18. The summed E-state index contributed by atoms with van der Waals surface area (Å²) in [6.07, 6.45) is 0. The molecule has 0 radical (unpaired) electrons. The molecule has 1 heteroatoms. The van der Waals surface area contributed by atoms with Crippen molar-refractivity contribution in [2.45, 2.75) is 19.8 Å². The Bertz CT molecular complexity index is 278. The predicted octanol–water partition coefficient (Wildman–Crippen LogP) is 2.49. The van der Waals surface area contributed by atoms with Crippen LogP contribution in [0.3, 0.4) is 0 Å². The fourth-order valence-electron chi connectivity index (χ4n) is 1.48. The molecule has 0 unspecified atom stereocenters. The van der Waals surface area contributed by atoms with Gasteiger partial charge < -0.3 is 4.74 Å². The van der Waals surface area contributed by atoms with E-state index in [0.29, 0.717) is 5.92 Å². The lowest BCUT2D eigenvalue weighted by molar-refractivity contribution is 0.337. The Morgan fingerprint density at radius 3 is 3.09 bits per heavy atom. The van der Waals surface area contributed by atoms with E-state index in [1.807, 2.05) is 0 Å². The number of hydrogen-bond acceptors (Lipinski definition) is 1. The van der Waals surface area contributed by atoms with Gasteiger partial charge in [0.1, 0.15) is 5.75 Å². The highest BCUT2D eigenvalue weighted by atomic mass is 16.5. The molecule has 0 saturated carbocycles. The molecule has 1 heterocycles. The molecule has 58 valence electrons. The fourth-order valence-corrected chi connectivity index (χ4v) is 1.48. The predicted molar refractivity (Wildman–Crippen MR) is 45.1 cm³/mol. The van der Waals surface area contributed by atoms with Crippen LogP contribution in [0.15, 0.2) is 18.2 Å². The van der Waals surface area contributed by atoms with Crippen molar-refractivity contribution in [2.75, 3.05) is 6.61 Å². The van der Waals surface area contributed by atoms with E-state index in [0.717, 1.165) is 12.4 Å². The molecule has 11 heavy (non-hydrogen) atoms. The second-order valence-corrected chi connectivity index (χ2v) is 3.25. The van der Waals surface area contributed by atoms with Gasteiger partial charge in [-0.1, -0.05) is 19.1 Å². The Kier molecular flexibility index (Phi) is 1.38. The Balaban J connectivity index is 2.50. The van der Waals surface area contributed by atoms with Crippen molar-refractivity contribution < 1.29 is 4.74 Å². The number of aryl methyl sites for hydroxylation is 1. The summed E-state index contributed by atoms with van der Waals surface area (Å²) in [5.41, 5.74) is 2.63. The summed E-state index contributed by atoms with van der Waals surface area (Å²) in [5.74, 6) is 1.66. The molecule has 0 saturated heterocycles. The minimum absolute atomic E-state index is 0.575.